The van der Waals surface area contributed by atoms with Crippen molar-refractivity contribution in [2.24, 2.45) is 0 Å². The first-order valence-electron chi connectivity index (χ1n) is 5.61. The fourth-order valence-corrected chi connectivity index (χ4v) is 2.20. The minimum absolute atomic E-state index is 0.224. The Kier molecular flexibility index (Phi) is 3.87. The maximum Gasteiger partial charge on any atom is 0.128 e. The van der Waals surface area contributed by atoms with Crippen molar-refractivity contribution in [2.75, 3.05) is 11.1 Å². The van der Waals surface area contributed by atoms with Crippen molar-refractivity contribution in [1.29, 1.82) is 0 Å². The van der Waals surface area contributed by atoms with Crippen LogP contribution in [0.4, 0.5) is 15.8 Å². The van der Waals surface area contributed by atoms with Gasteiger partial charge in [0.2, 0.25) is 0 Å². The summed E-state index contributed by atoms with van der Waals surface area (Å²) in [5, 5.41) is 3.18. The van der Waals surface area contributed by atoms with E-state index >= 15 is 0 Å². The minimum atomic E-state index is -0.224. The number of anilines is 2. The first-order valence-corrected chi connectivity index (χ1v) is 6.40. The third kappa shape index (κ3) is 2.82. The second kappa shape index (κ2) is 5.40. The molecule has 0 radical (unpaired) electrons. The SMILES string of the molecule is Cc1cccc(N)c1NCc1cc(Br)ccc1F. The summed E-state index contributed by atoms with van der Waals surface area (Å²) in [5.41, 5.74) is 9.07. The summed E-state index contributed by atoms with van der Waals surface area (Å²) in [6.45, 7) is 2.37. The van der Waals surface area contributed by atoms with Gasteiger partial charge in [0.1, 0.15) is 5.82 Å². The van der Waals surface area contributed by atoms with Gasteiger partial charge in [-0.15, -0.1) is 0 Å². The van der Waals surface area contributed by atoms with Crippen LogP contribution in [0, 0.1) is 12.7 Å². The molecule has 18 heavy (non-hydrogen) atoms. The number of nitrogen functional groups attached to an aromatic ring is 1. The van der Waals surface area contributed by atoms with Gasteiger partial charge in [-0.05, 0) is 36.8 Å². The Morgan fingerprint density at radius 3 is 2.78 bits per heavy atom. The Morgan fingerprint density at radius 2 is 2.06 bits per heavy atom. The van der Waals surface area contributed by atoms with Gasteiger partial charge in [0.25, 0.3) is 0 Å². The maximum atomic E-state index is 13.6. The highest BCUT2D eigenvalue weighted by molar-refractivity contribution is 9.10. The molecule has 0 unspecified atom stereocenters. The Labute approximate surface area is 114 Å². The number of nitrogens with one attached hydrogen (secondary N) is 1. The van der Waals surface area contributed by atoms with Crippen LogP contribution in [-0.4, -0.2) is 0 Å². The van der Waals surface area contributed by atoms with Gasteiger partial charge in [0.15, 0.2) is 0 Å². The molecule has 0 atom stereocenters. The molecule has 2 aromatic rings. The predicted octanol–water partition coefficient (Wildman–Crippen LogP) is 4.09. The van der Waals surface area contributed by atoms with E-state index < -0.39 is 0 Å². The number of benzene rings is 2. The zero-order valence-electron chi connectivity index (χ0n) is 10.0. The molecule has 0 amide bonds. The van der Waals surface area contributed by atoms with Crippen LogP contribution in [0.5, 0.6) is 0 Å². The smallest absolute Gasteiger partial charge is 0.128 e. The Morgan fingerprint density at radius 1 is 1.28 bits per heavy atom. The molecule has 94 valence electrons. The average Bonchev–Trinajstić information content (AvgIpc) is 2.33. The molecular formula is C14H14BrFN2. The summed E-state index contributed by atoms with van der Waals surface area (Å²) >= 11 is 3.33. The summed E-state index contributed by atoms with van der Waals surface area (Å²) in [6, 6.07) is 10.6. The van der Waals surface area contributed by atoms with Gasteiger partial charge in [-0.2, -0.15) is 0 Å². The molecule has 0 aliphatic carbocycles. The van der Waals surface area contributed by atoms with E-state index in [0.717, 1.165) is 15.7 Å². The van der Waals surface area contributed by atoms with Gasteiger partial charge >= 0.3 is 0 Å². The molecule has 0 aliphatic rings. The number of rotatable bonds is 3. The Hall–Kier alpha value is -1.55. The molecule has 0 spiro atoms. The monoisotopic (exact) mass is 308 g/mol. The molecule has 0 saturated carbocycles. The van der Waals surface area contributed by atoms with E-state index in [4.69, 9.17) is 5.73 Å². The van der Waals surface area contributed by atoms with E-state index in [-0.39, 0.29) is 5.82 Å². The van der Waals surface area contributed by atoms with Gasteiger partial charge in [-0.3, -0.25) is 0 Å². The van der Waals surface area contributed by atoms with Crippen molar-refractivity contribution in [2.45, 2.75) is 13.5 Å². The highest BCUT2D eigenvalue weighted by Gasteiger charge is 2.05. The number of nitrogens with two attached hydrogens (primary N) is 1. The number of hydrogen-bond donors (Lipinski definition) is 2. The maximum absolute atomic E-state index is 13.6. The van der Waals surface area contributed by atoms with Gasteiger partial charge in [0, 0.05) is 16.6 Å². The zero-order chi connectivity index (χ0) is 13.1. The molecule has 0 aliphatic heterocycles. The molecule has 0 heterocycles. The summed E-state index contributed by atoms with van der Waals surface area (Å²) in [4.78, 5) is 0. The van der Waals surface area contributed by atoms with E-state index in [9.17, 15) is 4.39 Å². The van der Waals surface area contributed by atoms with E-state index in [1.165, 1.54) is 6.07 Å². The molecule has 0 bridgehead atoms. The fourth-order valence-electron chi connectivity index (χ4n) is 1.79. The lowest BCUT2D eigenvalue weighted by Gasteiger charge is -2.12. The lowest BCUT2D eigenvalue weighted by atomic mass is 10.1. The van der Waals surface area contributed by atoms with Crippen molar-refractivity contribution >= 4 is 27.3 Å². The lowest BCUT2D eigenvalue weighted by molar-refractivity contribution is 0.612. The molecule has 4 heteroatoms. The summed E-state index contributed by atoms with van der Waals surface area (Å²) < 4.78 is 14.4. The van der Waals surface area contributed by atoms with Crippen molar-refractivity contribution in [3.8, 4) is 0 Å². The minimum Gasteiger partial charge on any atom is -0.397 e. The second-order valence-corrected chi connectivity index (χ2v) is 5.04. The zero-order valence-corrected chi connectivity index (χ0v) is 11.6. The van der Waals surface area contributed by atoms with Crippen molar-refractivity contribution < 1.29 is 4.39 Å². The van der Waals surface area contributed by atoms with E-state index in [1.807, 2.05) is 25.1 Å². The topological polar surface area (TPSA) is 38.0 Å². The van der Waals surface area contributed by atoms with Crippen LogP contribution in [0.3, 0.4) is 0 Å². The molecule has 3 N–H and O–H groups in total. The molecular weight excluding hydrogens is 295 g/mol. The van der Waals surface area contributed by atoms with E-state index in [1.54, 1.807) is 12.1 Å². The average molecular weight is 309 g/mol. The van der Waals surface area contributed by atoms with Crippen LogP contribution in [0.2, 0.25) is 0 Å². The second-order valence-electron chi connectivity index (χ2n) is 4.13. The molecule has 2 nitrogen and oxygen atoms in total. The summed E-state index contributed by atoms with van der Waals surface area (Å²) in [5.74, 6) is -0.224. The first kappa shape index (κ1) is 12.9. The van der Waals surface area contributed by atoms with Crippen LogP contribution >= 0.6 is 15.9 Å². The van der Waals surface area contributed by atoms with E-state index in [0.29, 0.717) is 17.8 Å². The molecule has 0 fully saturated rings. The largest absolute Gasteiger partial charge is 0.397 e. The third-order valence-electron chi connectivity index (χ3n) is 2.77. The van der Waals surface area contributed by atoms with Gasteiger partial charge in [-0.25, -0.2) is 4.39 Å². The highest BCUT2D eigenvalue weighted by Crippen LogP contribution is 2.24. The molecule has 2 aromatic carbocycles. The Bertz CT molecular complexity index is 549. The molecule has 0 saturated heterocycles. The van der Waals surface area contributed by atoms with Gasteiger partial charge < -0.3 is 11.1 Å². The van der Waals surface area contributed by atoms with Crippen LogP contribution in [0.25, 0.3) is 0 Å². The van der Waals surface area contributed by atoms with Crippen molar-refractivity contribution in [3.63, 3.8) is 0 Å². The Balaban J connectivity index is 2.19. The first-order chi connectivity index (χ1) is 8.58. The number of aryl methyl sites for hydroxylation is 1. The van der Waals surface area contributed by atoms with Gasteiger partial charge in [0.05, 0.1) is 11.4 Å². The molecule has 0 aromatic heterocycles. The normalized spacial score (nSPS) is 10.4. The van der Waals surface area contributed by atoms with Crippen LogP contribution < -0.4 is 11.1 Å². The standard InChI is InChI=1S/C14H14BrFN2/c1-9-3-2-4-13(17)14(9)18-8-10-7-11(15)5-6-12(10)16/h2-7,18H,8,17H2,1H3. The number of para-hydroxylation sites is 1. The van der Waals surface area contributed by atoms with Gasteiger partial charge in [-0.1, -0.05) is 28.1 Å². The highest BCUT2D eigenvalue weighted by atomic mass is 79.9. The van der Waals surface area contributed by atoms with Crippen molar-refractivity contribution in [1.82, 2.24) is 0 Å². The number of halogens is 2. The fraction of sp³-hybridized carbons (Fsp3) is 0.143. The summed E-state index contributed by atoms with van der Waals surface area (Å²) in [7, 11) is 0. The predicted molar refractivity (Wildman–Crippen MR) is 77.0 cm³/mol. The quantitative estimate of drug-likeness (QED) is 0.838. The molecule has 2 rings (SSSR count). The lowest BCUT2D eigenvalue weighted by Crippen LogP contribution is -2.05. The van der Waals surface area contributed by atoms with E-state index in [2.05, 4.69) is 21.2 Å². The van der Waals surface area contributed by atoms with Crippen LogP contribution in [0.15, 0.2) is 40.9 Å². The van der Waals surface area contributed by atoms with Crippen molar-refractivity contribution in [3.05, 3.63) is 57.8 Å². The number of hydrogen-bond acceptors (Lipinski definition) is 2. The van der Waals surface area contributed by atoms with Crippen LogP contribution in [0.1, 0.15) is 11.1 Å². The van der Waals surface area contributed by atoms with Crippen LogP contribution in [-0.2, 0) is 6.54 Å². The summed E-state index contributed by atoms with van der Waals surface area (Å²) in [6.07, 6.45) is 0. The third-order valence-corrected chi connectivity index (χ3v) is 3.26.